The van der Waals surface area contributed by atoms with E-state index in [1.54, 1.807) is 0 Å². The molecule has 1 atom stereocenters. The standard InChI is InChI=1S/C13H21NO/c1-10(2)9-11-3-5-12(6-4-11)13(15)7-8-14/h3-6,10,13,15H,7-9,14H2,1-2H3. The van der Waals surface area contributed by atoms with E-state index in [0.717, 1.165) is 12.0 Å². The zero-order chi connectivity index (χ0) is 11.3. The van der Waals surface area contributed by atoms with Crippen LogP contribution in [0.5, 0.6) is 0 Å². The molecular weight excluding hydrogens is 186 g/mol. The van der Waals surface area contributed by atoms with Gasteiger partial charge in [0, 0.05) is 0 Å². The smallest absolute Gasteiger partial charge is 0.0802 e. The molecule has 1 unspecified atom stereocenters. The lowest BCUT2D eigenvalue weighted by molar-refractivity contribution is 0.170. The van der Waals surface area contributed by atoms with Crippen molar-refractivity contribution in [1.82, 2.24) is 0 Å². The fourth-order valence-corrected chi connectivity index (χ4v) is 1.67. The van der Waals surface area contributed by atoms with E-state index in [1.807, 2.05) is 12.1 Å². The third-order valence-electron chi connectivity index (χ3n) is 2.45. The second-order valence-electron chi connectivity index (χ2n) is 4.43. The number of hydrogen-bond donors (Lipinski definition) is 2. The molecule has 1 aromatic carbocycles. The Balaban J connectivity index is 2.63. The van der Waals surface area contributed by atoms with Crippen molar-refractivity contribution in [3.05, 3.63) is 35.4 Å². The summed E-state index contributed by atoms with van der Waals surface area (Å²) in [6.07, 6.45) is 1.31. The Bertz CT molecular complexity index is 279. The zero-order valence-corrected chi connectivity index (χ0v) is 9.61. The molecule has 2 heteroatoms. The summed E-state index contributed by atoms with van der Waals surface area (Å²) in [6.45, 7) is 4.93. The molecule has 0 aromatic heterocycles. The SMILES string of the molecule is CC(C)Cc1ccc(C(O)CCN)cc1. The Kier molecular flexibility index (Phi) is 4.79. The van der Waals surface area contributed by atoms with Gasteiger partial charge in [-0.05, 0) is 36.4 Å². The number of aliphatic hydroxyl groups excluding tert-OH is 1. The van der Waals surface area contributed by atoms with Crippen LogP contribution >= 0.6 is 0 Å². The van der Waals surface area contributed by atoms with Crippen molar-refractivity contribution in [2.24, 2.45) is 11.7 Å². The Labute approximate surface area is 92.1 Å². The third-order valence-corrected chi connectivity index (χ3v) is 2.45. The first kappa shape index (κ1) is 12.2. The summed E-state index contributed by atoms with van der Waals surface area (Å²) in [7, 11) is 0. The zero-order valence-electron chi connectivity index (χ0n) is 9.61. The second kappa shape index (κ2) is 5.89. The van der Waals surface area contributed by atoms with Gasteiger partial charge >= 0.3 is 0 Å². The molecule has 0 aliphatic rings. The quantitative estimate of drug-likeness (QED) is 0.778. The summed E-state index contributed by atoms with van der Waals surface area (Å²) in [6, 6.07) is 8.18. The Morgan fingerprint density at radius 2 is 1.80 bits per heavy atom. The molecule has 3 N–H and O–H groups in total. The predicted molar refractivity (Wildman–Crippen MR) is 63.6 cm³/mol. The molecule has 0 saturated heterocycles. The van der Waals surface area contributed by atoms with Crippen molar-refractivity contribution < 1.29 is 5.11 Å². The van der Waals surface area contributed by atoms with E-state index < -0.39 is 6.10 Å². The van der Waals surface area contributed by atoms with E-state index in [2.05, 4.69) is 26.0 Å². The number of benzene rings is 1. The molecule has 0 bridgehead atoms. The fraction of sp³-hybridized carbons (Fsp3) is 0.538. The van der Waals surface area contributed by atoms with Gasteiger partial charge in [0.05, 0.1) is 6.10 Å². The van der Waals surface area contributed by atoms with Gasteiger partial charge in [0.2, 0.25) is 0 Å². The van der Waals surface area contributed by atoms with Crippen LogP contribution in [0, 0.1) is 5.92 Å². The van der Waals surface area contributed by atoms with Crippen LogP contribution in [0.3, 0.4) is 0 Å². The van der Waals surface area contributed by atoms with E-state index >= 15 is 0 Å². The van der Waals surface area contributed by atoms with Gasteiger partial charge in [0.1, 0.15) is 0 Å². The fourth-order valence-electron chi connectivity index (χ4n) is 1.67. The molecular formula is C13H21NO. The van der Waals surface area contributed by atoms with Gasteiger partial charge < -0.3 is 10.8 Å². The van der Waals surface area contributed by atoms with Crippen LogP contribution < -0.4 is 5.73 Å². The van der Waals surface area contributed by atoms with Crippen molar-refractivity contribution >= 4 is 0 Å². The topological polar surface area (TPSA) is 46.2 Å². The van der Waals surface area contributed by atoms with Gasteiger partial charge in [-0.1, -0.05) is 38.1 Å². The van der Waals surface area contributed by atoms with Crippen LogP contribution in [-0.2, 0) is 6.42 Å². The van der Waals surface area contributed by atoms with Crippen LogP contribution in [-0.4, -0.2) is 11.7 Å². The maximum atomic E-state index is 9.71. The average Bonchev–Trinajstić information content (AvgIpc) is 2.18. The number of rotatable bonds is 5. The number of nitrogens with two attached hydrogens (primary N) is 1. The Morgan fingerprint density at radius 1 is 1.20 bits per heavy atom. The molecule has 0 radical (unpaired) electrons. The van der Waals surface area contributed by atoms with E-state index in [0.29, 0.717) is 18.9 Å². The maximum absolute atomic E-state index is 9.71. The van der Waals surface area contributed by atoms with Crippen molar-refractivity contribution in [3.8, 4) is 0 Å². The van der Waals surface area contributed by atoms with Crippen molar-refractivity contribution in [3.63, 3.8) is 0 Å². The lowest BCUT2D eigenvalue weighted by Crippen LogP contribution is -2.06. The minimum Gasteiger partial charge on any atom is -0.388 e. The van der Waals surface area contributed by atoms with Crippen molar-refractivity contribution in [2.45, 2.75) is 32.8 Å². The van der Waals surface area contributed by atoms with Gasteiger partial charge in [0.25, 0.3) is 0 Å². The summed E-state index contributed by atoms with van der Waals surface area (Å²) in [5, 5.41) is 9.71. The highest BCUT2D eigenvalue weighted by Crippen LogP contribution is 2.17. The molecule has 0 spiro atoms. The first-order valence-corrected chi connectivity index (χ1v) is 5.60. The summed E-state index contributed by atoms with van der Waals surface area (Å²) >= 11 is 0. The lowest BCUT2D eigenvalue weighted by Gasteiger charge is -2.11. The van der Waals surface area contributed by atoms with E-state index in [1.165, 1.54) is 5.56 Å². The predicted octanol–water partition coefficient (Wildman–Crippen LogP) is 2.27. The summed E-state index contributed by atoms with van der Waals surface area (Å²) < 4.78 is 0. The summed E-state index contributed by atoms with van der Waals surface area (Å²) in [4.78, 5) is 0. The highest BCUT2D eigenvalue weighted by Gasteiger charge is 2.06. The van der Waals surface area contributed by atoms with Crippen LogP contribution in [0.25, 0.3) is 0 Å². The largest absolute Gasteiger partial charge is 0.388 e. The highest BCUT2D eigenvalue weighted by molar-refractivity contribution is 5.24. The minimum atomic E-state index is -0.414. The summed E-state index contributed by atoms with van der Waals surface area (Å²) in [5.74, 6) is 0.671. The normalized spacial score (nSPS) is 13.1. The molecule has 0 saturated carbocycles. The molecule has 0 heterocycles. The summed E-state index contributed by atoms with van der Waals surface area (Å²) in [5.41, 5.74) is 7.70. The highest BCUT2D eigenvalue weighted by atomic mass is 16.3. The molecule has 0 fully saturated rings. The van der Waals surface area contributed by atoms with E-state index in [-0.39, 0.29) is 0 Å². The van der Waals surface area contributed by atoms with E-state index in [9.17, 15) is 5.11 Å². The second-order valence-corrected chi connectivity index (χ2v) is 4.43. The molecule has 0 aliphatic heterocycles. The van der Waals surface area contributed by atoms with Crippen LogP contribution in [0.2, 0.25) is 0 Å². The van der Waals surface area contributed by atoms with Crippen LogP contribution in [0.4, 0.5) is 0 Å². The lowest BCUT2D eigenvalue weighted by atomic mass is 9.99. The Morgan fingerprint density at radius 3 is 2.27 bits per heavy atom. The van der Waals surface area contributed by atoms with Crippen molar-refractivity contribution in [2.75, 3.05) is 6.54 Å². The average molecular weight is 207 g/mol. The van der Waals surface area contributed by atoms with Crippen molar-refractivity contribution in [1.29, 1.82) is 0 Å². The number of hydrogen-bond acceptors (Lipinski definition) is 2. The molecule has 15 heavy (non-hydrogen) atoms. The molecule has 0 amide bonds. The van der Waals surface area contributed by atoms with Gasteiger partial charge in [0.15, 0.2) is 0 Å². The van der Waals surface area contributed by atoms with Crippen LogP contribution in [0.15, 0.2) is 24.3 Å². The number of aliphatic hydroxyl groups is 1. The molecule has 2 nitrogen and oxygen atoms in total. The maximum Gasteiger partial charge on any atom is 0.0802 e. The molecule has 1 rings (SSSR count). The Hall–Kier alpha value is -0.860. The molecule has 84 valence electrons. The van der Waals surface area contributed by atoms with E-state index in [4.69, 9.17) is 5.73 Å². The molecule has 1 aromatic rings. The minimum absolute atomic E-state index is 0.414. The van der Waals surface area contributed by atoms with Crippen LogP contribution in [0.1, 0.15) is 37.5 Å². The third kappa shape index (κ3) is 4.02. The van der Waals surface area contributed by atoms with Gasteiger partial charge in [-0.3, -0.25) is 0 Å². The van der Waals surface area contributed by atoms with Gasteiger partial charge in [-0.15, -0.1) is 0 Å². The first-order chi connectivity index (χ1) is 7.13. The monoisotopic (exact) mass is 207 g/mol. The van der Waals surface area contributed by atoms with Gasteiger partial charge in [-0.2, -0.15) is 0 Å². The van der Waals surface area contributed by atoms with Gasteiger partial charge in [-0.25, -0.2) is 0 Å². The first-order valence-electron chi connectivity index (χ1n) is 5.60. The molecule has 0 aliphatic carbocycles.